The van der Waals surface area contributed by atoms with Crippen LogP contribution in [0.2, 0.25) is 0 Å². The first-order valence-electron chi connectivity index (χ1n) is 6.04. The van der Waals surface area contributed by atoms with Gasteiger partial charge in [-0.2, -0.15) is 0 Å². The Kier molecular flexibility index (Phi) is 4.51. The fraction of sp³-hybridized carbons (Fsp3) is 0.417. The highest BCUT2D eigenvalue weighted by Gasteiger charge is 2.12. The fourth-order valence-corrected chi connectivity index (χ4v) is 2.40. The normalized spacial score (nSPS) is 12.1. The molecule has 0 spiro atoms. The van der Waals surface area contributed by atoms with E-state index in [1.54, 1.807) is 24.8 Å². The maximum Gasteiger partial charge on any atom is 0.357 e. The Bertz CT molecular complexity index is 524. The van der Waals surface area contributed by atoms with Gasteiger partial charge in [-0.1, -0.05) is 0 Å². The van der Waals surface area contributed by atoms with Gasteiger partial charge in [0.25, 0.3) is 0 Å². The van der Waals surface area contributed by atoms with E-state index in [1.165, 1.54) is 11.3 Å². The van der Waals surface area contributed by atoms with Gasteiger partial charge < -0.3 is 14.6 Å². The molecule has 0 bridgehead atoms. The molecule has 0 fully saturated rings. The van der Waals surface area contributed by atoms with E-state index in [1.807, 2.05) is 17.7 Å². The number of imidazole rings is 1. The summed E-state index contributed by atoms with van der Waals surface area (Å²) in [5.74, 6) is -0.380. The lowest BCUT2D eigenvalue weighted by molar-refractivity contribution is 0.0520. The van der Waals surface area contributed by atoms with Gasteiger partial charge in [-0.3, -0.25) is 0 Å². The minimum atomic E-state index is -0.380. The maximum atomic E-state index is 11.5. The van der Waals surface area contributed by atoms with Crippen LogP contribution in [0.1, 0.15) is 24.3 Å². The molecule has 0 radical (unpaired) electrons. The zero-order valence-electron chi connectivity index (χ0n) is 10.9. The zero-order valence-corrected chi connectivity index (χ0v) is 11.7. The van der Waals surface area contributed by atoms with E-state index >= 15 is 0 Å². The first-order chi connectivity index (χ1) is 9.19. The minimum absolute atomic E-state index is 0.190. The van der Waals surface area contributed by atoms with Crippen molar-refractivity contribution in [2.75, 3.05) is 11.9 Å². The number of carbonyl (C=O) groups excluding carboxylic acids is 1. The summed E-state index contributed by atoms with van der Waals surface area (Å²) in [6.45, 7) is 4.96. The highest BCUT2D eigenvalue weighted by atomic mass is 32.1. The van der Waals surface area contributed by atoms with Crippen molar-refractivity contribution in [2.45, 2.75) is 26.4 Å². The van der Waals surface area contributed by atoms with Gasteiger partial charge in [-0.05, 0) is 13.8 Å². The van der Waals surface area contributed by atoms with Crippen molar-refractivity contribution in [3.05, 3.63) is 29.8 Å². The van der Waals surface area contributed by atoms with E-state index in [2.05, 4.69) is 15.3 Å². The number of anilines is 1. The highest BCUT2D eigenvalue weighted by Crippen LogP contribution is 2.17. The van der Waals surface area contributed by atoms with Crippen LogP contribution >= 0.6 is 11.3 Å². The molecular formula is C12H16N4O2S. The van der Waals surface area contributed by atoms with Crippen LogP contribution in [0.15, 0.2) is 24.1 Å². The lowest BCUT2D eigenvalue weighted by Crippen LogP contribution is -2.21. The van der Waals surface area contributed by atoms with Crippen molar-refractivity contribution in [3.8, 4) is 0 Å². The monoisotopic (exact) mass is 280 g/mol. The quantitative estimate of drug-likeness (QED) is 0.820. The second-order valence-electron chi connectivity index (χ2n) is 4.06. The lowest BCUT2D eigenvalue weighted by atomic mass is 10.3. The number of carbonyl (C=O) groups is 1. The summed E-state index contributed by atoms with van der Waals surface area (Å²) in [6, 6.07) is 0.190. The average molecular weight is 280 g/mol. The molecule has 0 aliphatic rings. The van der Waals surface area contributed by atoms with Gasteiger partial charge in [0.15, 0.2) is 10.8 Å². The van der Waals surface area contributed by atoms with Crippen LogP contribution in [-0.2, 0) is 11.3 Å². The van der Waals surface area contributed by atoms with Crippen LogP contribution in [0.4, 0.5) is 5.13 Å². The summed E-state index contributed by atoms with van der Waals surface area (Å²) >= 11 is 1.40. The number of hydrogen-bond acceptors (Lipinski definition) is 6. The zero-order chi connectivity index (χ0) is 13.7. The standard InChI is InChI=1S/C12H16N4O2S/c1-3-18-11(17)10-7-19-12(15-10)14-9(2)6-16-5-4-13-8-16/h4-5,7-9H,3,6H2,1-2H3,(H,14,15). The third kappa shape index (κ3) is 3.78. The summed E-state index contributed by atoms with van der Waals surface area (Å²) in [6.07, 6.45) is 5.42. The third-order valence-electron chi connectivity index (χ3n) is 2.40. The second-order valence-corrected chi connectivity index (χ2v) is 4.92. The summed E-state index contributed by atoms with van der Waals surface area (Å²) < 4.78 is 6.88. The van der Waals surface area contributed by atoms with E-state index in [0.717, 1.165) is 11.7 Å². The van der Waals surface area contributed by atoms with Crippen molar-refractivity contribution >= 4 is 22.4 Å². The number of nitrogens with one attached hydrogen (secondary N) is 1. The van der Waals surface area contributed by atoms with Crippen molar-refractivity contribution in [2.24, 2.45) is 0 Å². The van der Waals surface area contributed by atoms with Crippen molar-refractivity contribution in [1.29, 1.82) is 0 Å². The molecule has 1 unspecified atom stereocenters. The van der Waals surface area contributed by atoms with E-state index in [-0.39, 0.29) is 12.0 Å². The maximum absolute atomic E-state index is 11.5. The van der Waals surface area contributed by atoms with Gasteiger partial charge in [0.1, 0.15) is 0 Å². The molecule has 1 atom stereocenters. The number of hydrogen-bond donors (Lipinski definition) is 1. The molecule has 6 nitrogen and oxygen atoms in total. The van der Waals surface area contributed by atoms with Gasteiger partial charge in [0.05, 0.1) is 12.9 Å². The molecule has 2 rings (SSSR count). The predicted octanol–water partition coefficient (Wildman–Crippen LogP) is 2.02. The number of ether oxygens (including phenoxy) is 1. The number of thiazole rings is 1. The minimum Gasteiger partial charge on any atom is -0.461 e. The van der Waals surface area contributed by atoms with Crippen LogP contribution in [-0.4, -0.2) is 33.2 Å². The summed E-state index contributed by atoms with van der Waals surface area (Å²) in [4.78, 5) is 19.7. The largest absolute Gasteiger partial charge is 0.461 e. The Morgan fingerprint density at radius 3 is 3.16 bits per heavy atom. The molecule has 7 heteroatoms. The lowest BCUT2D eigenvalue weighted by Gasteiger charge is -2.12. The van der Waals surface area contributed by atoms with Crippen molar-refractivity contribution in [3.63, 3.8) is 0 Å². The van der Waals surface area contributed by atoms with Gasteiger partial charge in [0, 0.05) is 30.4 Å². The van der Waals surface area contributed by atoms with Crippen LogP contribution < -0.4 is 5.32 Å². The Hall–Kier alpha value is -1.89. The number of nitrogens with zero attached hydrogens (tertiary/aromatic N) is 3. The van der Waals surface area contributed by atoms with Crippen molar-refractivity contribution < 1.29 is 9.53 Å². The number of aromatic nitrogens is 3. The van der Waals surface area contributed by atoms with E-state index in [0.29, 0.717) is 12.3 Å². The van der Waals surface area contributed by atoms with Gasteiger partial charge >= 0.3 is 5.97 Å². The molecule has 0 saturated heterocycles. The molecule has 2 heterocycles. The summed E-state index contributed by atoms with van der Waals surface area (Å²) in [5, 5.41) is 5.67. The Balaban J connectivity index is 1.90. The smallest absolute Gasteiger partial charge is 0.357 e. The molecule has 19 heavy (non-hydrogen) atoms. The molecule has 0 aromatic carbocycles. The molecular weight excluding hydrogens is 264 g/mol. The summed E-state index contributed by atoms with van der Waals surface area (Å²) in [7, 11) is 0. The Morgan fingerprint density at radius 1 is 1.63 bits per heavy atom. The highest BCUT2D eigenvalue weighted by molar-refractivity contribution is 7.13. The molecule has 102 valence electrons. The first kappa shape index (κ1) is 13.5. The van der Waals surface area contributed by atoms with Gasteiger partial charge in [-0.25, -0.2) is 14.8 Å². The van der Waals surface area contributed by atoms with Crippen LogP contribution in [0.3, 0.4) is 0 Å². The SMILES string of the molecule is CCOC(=O)c1csc(NC(C)Cn2ccnc2)n1. The van der Waals surface area contributed by atoms with E-state index < -0.39 is 0 Å². The molecule has 2 aromatic heterocycles. The molecule has 0 saturated carbocycles. The second kappa shape index (κ2) is 6.33. The topological polar surface area (TPSA) is 69.0 Å². The molecule has 0 amide bonds. The van der Waals surface area contributed by atoms with Gasteiger partial charge in [-0.15, -0.1) is 11.3 Å². The molecule has 2 aromatic rings. The predicted molar refractivity (Wildman–Crippen MR) is 73.4 cm³/mol. The first-order valence-corrected chi connectivity index (χ1v) is 6.92. The Morgan fingerprint density at radius 2 is 2.47 bits per heavy atom. The Labute approximate surface area is 115 Å². The van der Waals surface area contributed by atoms with E-state index in [9.17, 15) is 4.79 Å². The van der Waals surface area contributed by atoms with E-state index in [4.69, 9.17) is 4.74 Å². The van der Waals surface area contributed by atoms with Crippen molar-refractivity contribution in [1.82, 2.24) is 14.5 Å². The van der Waals surface area contributed by atoms with Gasteiger partial charge in [0.2, 0.25) is 0 Å². The summed E-state index contributed by atoms with van der Waals surface area (Å²) in [5.41, 5.74) is 0.351. The van der Waals surface area contributed by atoms with Crippen LogP contribution in [0.25, 0.3) is 0 Å². The number of esters is 1. The third-order valence-corrected chi connectivity index (χ3v) is 3.18. The average Bonchev–Trinajstić information content (AvgIpc) is 3.00. The molecule has 0 aliphatic heterocycles. The number of rotatable bonds is 6. The molecule has 0 aliphatic carbocycles. The van der Waals surface area contributed by atoms with Crippen LogP contribution in [0, 0.1) is 0 Å². The fourth-order valence-electron chi connectivity index (χ4n) is 1.61. The van der Waals surface area contributed by atoms with Crippen LogP contribution in [0.5, 0.6) is 0 Å². The molecule has 1 N–H and O–H groups in total.